The molecule has 0 aromatic heterocycles. The molecule has 2 aromatic rings. The summed E-state index contributed by atoms with van der Waals surface area (Å²) in [7, 11) is 0. The molecule has 4 nitrogen and oxygen atoms in total. The third-order valence-corrected chi connectivity index (χ3v) is 6.25. The van der Waals surface area contributed by atoms with Gasteiger partial charge in [-0.05, 0) is 99.9 Å². The number of carboxylic acid groups (broad SMARTS) is 1. The number of carboxylic acids is 1. The molecule has 3 rings (SSSR count). The van der Waals surface area contributed by atoms with E-state index in [1.165, 1.54) is 9.99 Å². The summed E-state index contributed by atoms with van der Waals surface area (Å²) in [4.78, 5) is 24.1. The van der Waals surface area contributed by atoms with Crippen molar-refractivity contribution in [2.24, 2.45) is 0 Å². The summed E-state index contributed by atoms with van der Waals surface area (Å²) in [6.45, 7) is 1.82. The van der Waals surface area contributed by atoms with Gasteiger partial charge in [0.25, 0.3) is 0 Å². The molecule has 0 atom stereocenters. The second-order valence-corrected chi connectivity index (χ2v) is 8.76. The van der Waals surface area contributed by atoms with E-state index >= 15 is 0 Å². The van der Waals surface area contributed by atoms with Crippen LogP contribution in [0.2, 0.25) is 0 Å². The van der Waals surface area contributed by atoms with Crippen molar-refractivity contribution in [1.82, 2.24) is 4.90 Å². The second kappa shape index (κ2) is 12.8. The van der Waals surface area contributed by atoms with Crippen LogP contribution in [0.25, 0.3) is 12.2 Å². The summed E-state index contributed by atoms with van der Waals surface area (Å²) in [6, 6.07) is 15.7. The molecule has 0 unspecified atom stereocenters. The summed E-state index contributed by atoms with van der Waals surface area (Å²) < 4.78 is 2.22. The van der Waals surface area contributed by atoms with Crippen molar-refractivity contribution in [3.05, 3.63) is 79.0 Å². The van der Waals surface area contributed by atoms with Gasteiger partial charge >= 0.3 is 5.97 Å². The highest BCUT2D eigenvalue weighted by Gasteiger charge is 2.13. The standard InChI is InChI=1S/C14H16INO.C9H7IO2/c15-13-7-3-2-6-12(13)8-9-14(17)16-10-4-1-5-11-16;10-8-4-2-1-3-7(8)5-6-9(11)12/h2-3,6-9H,1,4-5,10-11H2;1-6H,(H,11,12)/b9-8+;6-5+. The number of amides is 1. The molecule has 1 aliphatic heterocycles. The normalized spacial score (nSPS) is 13.9. The molecule has 1 fully saturated rings. The smallest absolute Gasteiger partial charge is 0.328 e. The fourth-order valence-corrected chi connectivity index (χ4v) is 3.90. The lowest BCUT2D eigenvalue weighted by atomic mass is 10.1. The van der Waals surface area contributed by atoms with Crippen LogP contribution < -0.4 is 0 Å². The summed E-state index contributed by atoms with van der Waals surface area (Å²) in [5, 5.41) is 8.38. The van der Waals surface area contributed by atoms with Gasteiger partial charge in [-0.25, -0.2) is 4.79 Å². The fraction of sp³-hybridized carbons (Fsp3) is 0.217. The molecular weight excluding hydrogens is 592 g/mol. The zero-order valence-electron chi connectivity index (χ0n) is 15.9. The van der Waals surface area contributed by atoms with Crippen molar-refractivity contribution < 1.29 is 14.7 Å². The first-order valence-electron chi connectivity index (χ1n) is 9.34. The van der Waals surface area contributed by atoms with E-state index in [2.05, 4.69) is 45.2 Å². The summed E-state index contributed by atoms with van der Waals surface area (Å²) in [5.41, 5.74) is 2.04. The van der Waals surface area contributed by atoms with E-state index in [-0.39, 0.29) is 5.91 Å². The zero-order chi connectivity index (χ0) is 21.1. The molecule has 1 amide bonds. The van der Waals surface area contributed by atoms with Crippen LogP contribution in [-0.4, -0.2) is 35.0 Å². The predicted octanol–water partition coefficient (Wildman–Crippen LogP) is 5.71. The van der Waals surface area contributed by atoms with Gasteiger partial charge in [0.1, 0.15) is 0 Å². The number of carbonyl (C=O) groups is 2. The molecule has 152 valence electrons. The Hall–Kier alpha value is -1.68. The van der Waals surface area contributed by atoms with Gasteiger partial charge in [0.15, 0.2) is 0 Å². The molecule has 29 heavy (non-hydrogen) atoms. The molecule has 1 N–H and O–H groups in total. The number of carbonyl (C=O) groups excluding carboxylic acids is 1. The lowest BCUT2D eigenvalue weighted by Crippen LogP contribution is -2.34. The van der Waals surface area contributed by atoms with Gasteiger partial charge in [-0.1, -0.05) is 36.4 Å². The van der Waals surface area contributed by atoms with Crippen molar-refractivity contribution in [3.8, 4) is 0 Å². The Balaban J connectivity index is 0.000000221. The first kappa shape index (κ1) is 23.6. The van der Waals surface area contributed by atoms with E-state index in [0.29, 0.717) is 0 Å². The van der Waals surface area contributed by atoms with Crippen molar-refractivity contribution >= 4 is 69.2 Å². The van der Waals surface area contributed by atoms with E-state index in [0.717, 1.165) is 46.7 Å². The summed E-state index contributed by atoms with van der Waals surface area (Å²) in [6.07, 6.45) is 9.87. The van der Waals surface area contributed by atoms with E-state index < -0.39 is 5.97 Å². The molecule has 2 aromatic carbocycles. The molecule has 1 heterocycles. The Bertz CT molecular complexity index is 887. The van der Waals surface area contributed by atoms with Crippen molar-refractivity contribution in [2.45, 2.75) is 19.3 Å². The lowest BCUT2D eigenvalue weighted by molar-refractivity contribution is -0.131. The highest BCUT2D eigenvalue weighted by atomic mass is 127. The molecule has 1 aliphatic rings. The second-order valence-electron chi connectivity index (χ2n) is 6.43. The van der Waals surface area contributed by atoms with E-state index in [1.807, 2.05) is 59.5 Å². The Morgan fingerprint density at radius 2 is 1.28 bits per heavy atom. The van der Waals surface area contributed by atoms with E-state index in [1.54, 1.807) is 12.2 Å². The highest BCUT2D eigenvalue weighted by molar-refractivity contribution is 14.1. The van der Waals surface area contributed by atoms with Crippen molar-refractivity contribution in [1.29, 1.82) is 0 Å². The van der Waals surface area contributed by atoms with Gasteiger partial charge < -0.3 is 10.0 Å². The number of hydrogen-bond acceptors (Lipinski definition) is 2. The first-order chi connectivity index (χ1) is 14.0. The Labute approximate surface area is 199 Å². The van der Waals surface area contributed by atoms with Crippen LogP contribution in [0.5, 0.6) is 0 Å². The van der Waals surface area contributed by atoms with Crippen LogP contribution in [0.15, 0.2) is 60.7 Å². The SMILES string of the molecule is O=C(/C=C/c1ccccc1I)N1CCCCC1.O=C(O)/C=C/c1ccccc1I. The van der Waals surface area contributed by atoms with Gasteiger partial charge in [-0.3, -0.25) is 4.79 Å². The van der Waals surface area contributed by atoms with Crippen molar-refractivity contribution in [3.63, 3.8) is 0 Å². The minimum absolute atomic E-state index is 0.143. The number of likely N-dealkylation sites (tertiary alicyclic amines) is 1. The maximum atomic E-state index is 11.9. The predicted molar refractivity (Wildman–Crippen MR) is 134 cm³/mol. The average Bonchev–Trinajstić information content (AvgIpc) is 2.73. The monoisotopic (exact) mass is 615 g/mol. The minimum atomic E-state index is -0.922. The maximum absolute atomic E-state index is 11.9. The fourth-order valence-electron chi connectivity index (χ4n) is 2.76. The number of hydrogen-bond donors (Lipinski definition) is 1. The number of halogens is 2. The van der Waals surface area contributed by atoms with Gasteiger partial charge in [0, 0.05) is 32.4 Å². The minimum Gasteiger partial charge on any atom is -0.478 e. The average molecular weight is 615 g/mol. The van der Waals surface area contributed by atoms with Gasteiger partial charge in [0.05, 0.1) is 0 Å². The topological polar surface area (TPSA) is 57.6 Å². The maximum Gasteiger partial charge on any atom is 0.328 e. The first-order valence-corrected chi connectivity index (χ1v) is 11.5. The number of nitrogens with zero attached hydrogens (tertiary/aromatic N) is 1. The van der Waals surface area contributed by atoms with Crippen LogP contribution in [0.3, 0.4) is 0 Å². The molecule has 6 heteroatoms. The van der Waals surface area contributed by atoms with Crippen molar-refractivity contribution in [2.75, 3.05) is 13.1 Å². The van der Waals surface area contributed by atoms with Gasteiger partial charge in [-0.2, -0.15) is 0 Å². The number of piperidine rings is 1. The number of aliphatic carboxylic acids is 1. The van der Waals surface area contributed by atoms with Crippen LogP contribution in [0.1, 0.15) is 30.4 Å². The molecule has 0 aliphatic carbocycles. The summed E-state index contributed by atoms with van der Waals surface area (Å²) >= 11 is 4.45. The molecule has 1 saturated heterocycles. The Kier molecular flexibility index (Phi) is 10.4. The Morgan fingerprint density at radius 1 is 0.793 bits per heavy atom. The molecule has 0 spiro atoms. The van der Waals surface area contributed by atoms with Crippen LogP contribution in [0.4, 0.5) is 0 Å². The van der Waals surface area contributed by atoms with Gasteiger partial charge in [0.2, 0.25) is 5.91 Å². The van der Waals surface area contributed by atoms with E-state index in [4.69, 9.17) is 5.11 Å². The Morgan fingerprint density at radius 3 is 1.76 bits per heavy atom. The third-order valence-electron chi connectivity index (χ3n) is 4.29. The quantitative estimate of drug-likeness (QED) is 0.355. The van der Waals surface area contributed by atoms with Gasteiger partial charge in [-0.15, -0.1) is 0 Å². The summed E-state index contributed by atoms with van der Waals surface area (Å²) in [5.74, 6) is -0.779. The number of benzene rings is 2. The third kappa shape index (κ3) is 8.69. The molecular formula is C23H23I2NO3. The zero-order valence-corrected chi connectivity index (χ0v) is 20.2. The van der Waals surface area contributed by atoms with Crippen LogP contribution in [-0.2, 0) is 9.59 Å². The largest absolute Gasteiger partial charge is 0.478 e. The molecule has 0 bridgehead atoms. The van der Waals surface area contributed by atoms with Crippen LogP contribution >= 0.6 is 45.2 Å². The molecule has 0 saturated carbocycles. The lowest BCUT2D eigenvalue weighted by Gasteiger charge is -2.25. The number of rotatable bonds is 4. The highest BCUT2D eigenvalue weighted by Crippen LogP contribution is 2.14. The van der Waals surface area contributed by atoms with E-state index in [9.17, 15) is 9.59 Å². The van der Waals surface area contributed by atoms with Crippen LogP contribution in [0, 0.1) is 7.14 Å². The molecule has 0 radical (unpaired) electrons.